The first-order chi connectivity index (χ1) is 25.9. The number of hydrogen-bond acceptors (Lipinski definition) is 15. The topological polar surface area (TPSA) is 263 Å². The number of aromatic nitrogens is 3. The number of β-lactam (4-membered cyclic amide) rings is 1. The second-order valence-corrected chi connectivity index (χ2v) is 17.7. The number of nitrogen functional groups attached to an aromatic ring is 1. The third-order valence-electron chi connectivity index (χ3n) is 11.1. The van der Waals surface area contributed by atoms with E-state index in [1.165, 1.54) is 52.9 Å². The number of thioether (sulfide) groups is 1. The third kappa shape index (κ3) is 7.24. The average molecular weight is 840 g/mol. The largest absolute Gasteiger partial charge is 1.00 e. The van der Waals surface area contributed by atoms with Gasteiger partial charge in [-0.3, -0.25) is 23.9 Å². The number of nitrogens with one attached hydrogen (secondary N) is 1. The summed E-state index contributed by atoms with van der Waals surface area (Å²) in [5.41, 5.74) is 3.44. The van der Waals surface area contributed by atoms with E-state index in [1.807, 2.05) is 6.92 Å². The summed E-state index contributed by atoms with van der Waals surface area (Å²) in [4.78, 5) is 79.6. The number of carbonyl (C=O) groups excluding carboxylic acids is 3. The molecule has 4 saturated heterocycles. The molecule has 4 fully saturated rings. The zero-order chi connectivity index (χ0) is 39.8. The maximum Gasteiger partial charge on any atom is 1.00 e. The SMILES string of the molecule is C[C@@H]1S[C@@H]2[C@H](NC(=O)/C(=N\OC(C)(C)C(=O)[O-])c3csc(N)n3)C(=O)N2C(C(=O)O)=C1C[N+]12CCC(Cn3cnc4cc(O)c(O)c(Cl)c4c3=O)(CC1)CC2.[Na+]. The van der Waals surface area contributed by atoms with Crippen LogP contribution in [0, 0.1) is 5.41 Å². The fourth-order valence-electron chi connectivity index (χ4n) is 7.75. The van der Waals surface area contributed by atoms with Gasteiger partial charge < -0.3 is 45.6 Å². The summed E-state index contributed by atoms with van der Waals surface area (Å²) in [5.74, 6) is -5.42. The van der Waals surface area contributed by atoms with Crippen LogP contribution < -0.4 is 51.3 Å². The number of nitrogens with zero attached hydrogens (tertiary/aromatic N) is 6. The number of aliphatic carboxylic acids is 2. The van der Waals surface area contributed by atoms with E-state index in [-0.39, 0.29) is 72.7 Å². The Balaban J connectivity index is 0.00000532. The molecule has 8 rings (SSSR count). The predicted molar refractivity (Wildman–Crippen MR) is 198 cm³/mol. The first-order valence-electron chi connectivity index (χ1n) is 17.3. The standard InChI is InChI=1S/C34H37ClN8O10S2.Na/c1-15-16(11-43-7-4-34(5-8-43,6-9-43)13-41-14-37-17-10-19(44)25(45)21(35)20(17)27(41)47)24(30(49)50)42-28(48)23(29(42)55-15)39-26(46)22(18-12-54-32(36)38-18)40-53-33(2,3)31(51)52;/h10,12,14-15,23,29H,4-9,11,13H2,1-3H3,(H6-,36,38,39,40,44,45,46,47,49,50,51,52);/q;+1/t15-,23+,29+,34?,43?;/m0./s1. The molecular weight excluding hydrogens is 803 g/mol. The van der Waals surface area contributed by atoms with Crippen molar-refractivity contribution in [3.8, 4) is 11.5 Å². The molecule has 22 heteroatoms. The predicted octanol–water partition coefficient (Wildman–Crippen LogP) is -2.42. The van der Waals surface area contributed by atoms with Crippen molar-refractivity contribution < 1.29 is 78.5 Å². The Morgan fingerprint density at radius 2 is 1.88 bits per heavy atom. The quantitative estimate of drug-likeness (QED) is 0.0336. The molecule has 1 aromatic carbocycles. The average Bonchev–Trinajstić information content (AvgIpc) is 3.57. The van der Waals surface area contributed by atoms with Gasteiger partial charge in [0, 0.05) is 53.5 Å². The number of halogens is 1. The summed E-state index contributed by atoms with van der Waals surface area (Å²) >= 11 is 8.58. The molecule has 0 saturated carbocycles. The van der Waals surface area contributed by atoms with E-state index in [2.05, 4.69) is 20.4 Å². The third-order valence-corrected chi connectivity index (χ3v) is 13.6. The van der Waals surface area contributed by atoms with E-state index in [4.69, 9.17) is 22.2 Å². The van der Waals surface area contributed by atoms with E-state index >= 15 is 0 Å². The number of piperidine rings is 3. The zero-order valence-electron chi connectivity index (χ0n) is 30.8. The van der Waals surface area contributed by atoms with Crippen LogP contribution in [0.15, 0.2) is 39.0 Å². The maximum atomic E-state index is 13.6. The smallest absolute Gasteiger partial charge is 0.546 e. The summed E-state index contributed by atoms with van der Waals surface area (Å²) in [5, 5.41) is 48.5. The van der Waals surface area contributed by atoms with Gasteiger partial charge in [-0.25, -0.2) is 14.8 Å². The van der Waals surface area contributed by atoms with Crippen molar-refractivity contribution in [3.05, 3.63) is 50.1 Å². The Morgan fingerprint density at radius 3 is 2.46 bits per heavy atom. The summed E-state index contributed by atoms with van der Waals surface area (Å²) in [6.07, 6.45) is 3.68. The monoisotopic (exact) mass is 839 g/mol. The van der Waals surface area contributed by atoms with Crippen molar-refractivity contribution in [2.75, 3.05) is 31.9 Å². The van der Waals surface area contributed by atoms with Crippen LogP contribution in [-0.4, -0.2) is 117 Å². The number of thiazole rings is 1. The van der Waals surface area contributed by atoms with Crippen LogP contribution in [0.25, 0.3) is 10.9 Å². The van der Waals surface area contributed by atoms with Gasteiger partial charge in [-0.2, -0.15) is 0 Å². The van der Waals surface area contributed by atoms with Crippen molar-refractivity contribution in [2.24, 2.45) is 10.6 Å². The molecule has 292 valence electrons. The van der Waals surface area contributed by atoms with E-state index < -0.39 is 63.5 Å². The molecular formula is C34H37ClN8NaO10S2+. The van der Waals surface area contributed by atoms with Gasteiger partial charge in [-0.15, -0.1) is 23.1 Å². The van der Waals surface area contributed by atoms with Crippen molar-refractivity contribution in [3.63, 3.8) is 0 Å². The Bertz CT molecular complexity index is 2270. The number of carbonyl (C=O) groups is 4. The Hall–Kier alpha value is -3.92. The number of anilines is 1. The molecule has 5 aliphatic rings. The fourth-order valence-corrected chi connectivity index (χ4v) is 10.0. The molecule has 18 nitrogen and oxygen atoms in total. The van der Waals surface area contributed by atoms with Crippen LogP contribution in [0.2, 0.25) is 5.02 Å². The second kappa shape index (κ2) is 15.1. The molecule has 56 heavy (non-hydrogen) atoms. The molecule has 2 bridgehead atoms. The molecule has 0 radical (unpaired) electrons. The number of phenolic OH excluding ortho intramolecular Hbond substituents is 2. The number of aromatic hydroxyl groups is 2. The molecule has 3 atom stereocenters. The van der Waals surface area contributed by atoms with Crippen LogP contribution in [0.5, 0.6) is 11.5 Å². The Labute approximate surface area is 354 Å². The summed E-state index contributed by atoms with van der Waals surface area (Å²) in [6, 6.07) is 0.0684. The molecule has 3 aromatic rings. The van der Waals surface area contributed by atoms with E-state index in [9.17, 15) is 44.4 Å². The van der Waals surface area contributed by atoms with Crippen molar-refractivity contribution in [2.45, 2.75) is 68.8 Å². The first kappa shape index (κ1) is 41.7. The first-order valence-corrected chi connectivity index (χ1v) is 19.5. The fraction of sp³-hybridized carbons (Fsp3) is 0.471. The number of phenols is 2. The minimum absolute atomic E-state index is 0. The number of carboxylic acids is 2. The van der Waals surface area contributed by atoms with Gasteiger partial charge in [0.05, 0.1) is 42.8 Å². The minimum atomic E-state index is -1.90. The van der Waals surface area contributed by atoms with Crippen molar-refractivity contribution in [1.82, 2.24) is 24.8 Å². The maximum absolute atomic E-state index is 13.6. The van der Waals surface area contributed by atoms with Crippen LogP contribution in [0.1, 0.15) is 45.7 Å². The number of nitrogens with two attached hydrogens (primary N) is 1. The number of oxime groups is 1. The van der Waals surface area contributed by atoms with Crippen molar-refractivity contribution >= 4 is 80.2 Å². The molecule has 2 aromatic heterocycles. The molecule has 0 spiro atoms. The number of amides is 2. The van der Waals surface area contributed by atoms with Gasteiger partial charge >= 0.3 is 35.5 Å². The summed E-state index contributed by atoms with van der Waals surface area (Å²) < 4.78 is 2.11. The van der Waals surface area contributed by atoms with Gasteiger partial charge in [0.1, 0.15) is 34.4 Å². The number of hydrogen-bond donors (Lipinski definition) is 5. The number of rotatable bonds is 11. The van der Waals surface area contributed by atoms with Crippen LogP contribution in [-0.2, 0) is 30.6 Å². The molecule has 0 unspecified atom stereocenters. The van der Waals surface area contributed by atoms with Crippen molar-refractivity contribution in [1.29, 1.82) is 0 Å². The number of fused-ring (bicyclic) bond motifs is 5. The minimum Gasteiger partial charge on any atom is -0.546 e. The van der Waals surface area contributed by atoms with Gasteiger partial charge in [-0.1, -0.05) is 16.8 Å². The Kier molecular flexibility index (Phi) is 11.3. The number of quaternary nitrogens is 1. The molecule has 7 heterocycles. The molecule has 2 amide bonds. The second-order valence-electron chi connectivity index (χ2n) is 15.0. The van der Waals surface area contributed by atoms with Crippen LogP contribution in [0.3, 0.4) is 0 Å². The van der Waals surface area contributed by atoms with Gasteiger partial charge in [-0.05, 0) is 20.8 Å². The van der Waals surface area contributed by atoms with E-state index in [0.29, 0.717) is 23.1 Å². The normalized spacial score (nSPS) is 26.0. The molecule has 6 N–H and O–H groups in total. The van der Waals surface area contributed by atoms with E-state index in [0.717, 1.165) is 50.2 Å². The molecule has 5 aliphatic heterocycles. The van der Waals surface area contributed by atoms with E-state index in [1.54, 1.807) is 0 Å². The van der Waals surface area contributed by atoms with Gasteiger partial charge in [0.25, 0.3) is 17.4 Å². The summed E-state index contributed by atoms with van der Waals surface area (Å²) in [6.45, 7) is 7.18. The number of carboxylic acid groups (broad SMARTS) is 2. The summed E-state index contributed by atoms with van der Waals surface area (Å²) in [7, 11) is 0. The van der Waals surface area contributed by atoms with Crippen LogP contribution >= 0.6 is 34.7 Å². The Morgan fingerprint density at radius 1 is 1.21 bits per heavy atom. The molecule has 0 aliphatic carbocycles. The number of benzene rings is 1. The van der Waals surface area contributed by atoms with Crippen LogP contribution in [0.4, 0.5) is 5.13 Å². The van der Waals surface area contributed by atoms with Gasteiger partial charge in [0.2, 0.25) is 0 Å². The zero-order valence-corrected chi connectivity index (χ0v) is 35.2. The van der Waals surface area contributed by atoms with Gasteiger partial charge in [0.15, 0.2) is 27.9 Å².